The molecule has 0 amide bonds. The van der Waals surface area contributed by atoms with E-state index in [-0.39, 0.29) is 0 Å². The standard InChI is InChI=1S/C14H26N2/c1-13(5-4-8-15-9-13)10-16-11-14(12-16)6-2-3-7-14/h15H,2-12H2,1H3. The maximum Gasteiger partial charge on any atom is 0.00507 e. The van der Waals surface area contributed by atoms with E-state index in [0.717, 1.165) is 5.41 Å². The predicted molar refractivity (Wildman–Crippen MR) is 67.6 cm³/mol. The molecule has 2 nitrogen and oxygen atoms in total. The van der Waals surface area contributed by atoms with Gasteiger partial charge in [0.15, 0.2) is 0 Å². The van der Waals surface area contributed by atoms with Crippen LogP contribution in [0.25, 0.3) is 0 Å². The molecule has 2 heteroatoms. The molecule has 0 bridgehead atoms. The van der Waals surface area contributed by atoms with Gasteiger partial charge in [0.05, 0.1) is 0 Å². The first-order valence-electron chi connectivity index (χ1n) is 7.13. The molecule has 3 rings (SSSR count). The van der Waals surface area contributed by atoms with Gasteiger partial charge in [-0.15, -0.1) is 0 Å². The van der Waals surface area contributed by atoms with Crippen LogP contribution in [0.1, 0.15) is 45.4 Å². The summed E-state index contributed by atoms with van der Waals surface area (Å²) in [5.74, 6) is 0. The minimum Gasteiger partial charge on any atom is -0.316 e. The number of rotatable bonds is 2. The molecular formula is C14H26N2. The molecule has 0 radical (unpaired) electrons. The summed E-state index contributed by atoms with van der Waals surface area (Å²) in [5, 5.41) is 3.56. The molecular weight excluding hydrogens is 196 g/mol. The quantitative estimate of drug-likeness (QED) is 0.771. The zero-order valence-electron chi connectivity index (χ0n) is 10.7. The zero-order chi connectivity index (χ0) is 11.1. The Morgan fingerprint density at radius 3 is 2.44 bits per heavy atom. The largest absolute Gasteiger partial charge is 0.316 e. The molecule has 0 aromatic rings. The Morgan fingerprint density at radius 2 is 1.81 bits per heavy atom. The summed E-state index contributed by atoms with van der Waals surface area (Å²) in [6.07, 6.45) is 8.80. The summed E-state index contributed by atoms with van der Waals surface area (Å²) in [6, 6.07) is 0. The van der Waals surface area contributed by atoms with Gasteiger partial charge in [0.2, 0.25) is 0 Å². The van der Waals surface area contributed by atoms with Crippen LogP contribution in [-0.2, 0) is 0 Å². The average Bonchev–Trinajstić information content (AvgIpc) is 2.67. The highest BCUT2D eigenvalue weighted by Crippen LogP contribution is 2.46. The summed E-state index contributed by atoms with van der Waals surface area (Å²) in [7, 11) is 0. The second kappa shape index (κ2) is 3.99. The Balaban J connectivity index is 1.49. The smallest absolute Gasteiger partial charge is 0.00507 e. The van der Waals surface area contributed by atoms with Crippen molar-refractivity contribution < 1.29 is 0 Å². The van der Waals surface area contributed by atoms with E-state index in [1.807, 2.05) is 0 Å². The van der Waals surface area contributed by atoms with Crippen molar-refractivity contribution in [1.29, 1.82) is 0 Å². The Bertz CT molecular complexity index is 241. The van der Waals surface area contributed by atoms with Crippen molar-refractivity contribution in [2.45, 2.75) is 45.4 Å². The van der Waals surface area contributed by atoms with Crippen LogP contribution in [0.5, 0.6) is 0 Å². The summed E-state index contributed by atoms with van der Waals surface area (Å²) < 4.78 is 0. The Kier molecular flexibility index (Phi) is 2.75. The van der Waals surface area contributed by atoms with E-state index in [4.69, 9.17) is 0 Å². The monoisotopic (exact) mass is 222 g/mol. The lowest BCUT2D eigenvalue weighted by Gasteiger charge is -2.52. The summed E-state index contributed by atoms with van der Waals surface area (Å²) in [5.41, 5.74) is 1.33. The number of piperidine rings is 1. The lowest BCUT2D eigenvalue weighted by molar-refractivity contribution is -0.0256. The van der Waals surface area contributed by atoms with E-state index >= 15 is 0 Å². The van der Waals surface area contributed by atoms with Gasteiger partial charge in [0.1, 0.15) is 0 Å². The van der Waals surface area contributed by atoms with Crippen molar-refractivity contribution >= 4 is 0 Å². The van der Waals surface area contributed by atoms with Gasteiger partial charge >= 0.3 is 0 Å². The van der Waals surface area contributed by atoms with Crippen molar-refractivity contribution in [3.8, 4) is 0 Å². The van der Waals surface area contributed by atoms with Crippen LogP contribution in [0.15, 0.2) is 0 Å². The number of nitrogens with one attached hydrogen (secondary N) is 1. The molecule has 1 aliphatic carbocycles. The third-order valence-corrected chi connectivity index (χ3v) is 5.07. The predicted octanol–water partition coefficient (Wildman–Crippen LogP) is 2.25. The molecule has 1 N–H and O–H groups in total. The fourth-order valence-corrected chi connectivity index (χ4v) is 4.25. The van der Waals surface area contributed by atoms with E-state index < -0.39 is 0 Å². The van der Waals surface area contributed by atoms with Crippen LogP contribution < -0.4 is 5.32 Å². The van der Waals surface area contributed by atoms with E-state index in [9.17, 15) is 0 Å². The van der Waals surface area contributed by atoms with Crippen molar-refractivity contribution in [3.63, 3.8) is 0 Å². The second-order valence-corrected chi connectivity index (χ2v) is 6.94. The van der Waals surface area contributed by atoms with Crippen molar-refractivity contribution in [2.24, 2.45) is 10.8 Å². The molecule has 92 valence electrons. The summed E-state index contributed by atoms with van der Waals surface area (Å²) in [4.78, 5) is 2.72. The normalized spacial score (nSPS) is 38.8. The third kappa shape index (κ3) is 2.02. The summed E-state index contributed by atoms with van der Waals surface area (Å²) in [6.45, 7) is 9.09. The zero-order valence-corrected chi connectivity index (χ0v) is 10.7. The van der Waals surface area contributed by atoms with Gasteiger partial charge in [-0.25, -0.2) is 0 Å². The molecule has 1 unspecified atom stereocenters. The number of likely N-dealkylation sites (tertiary alicyclic amines) is 1. The second-order valence-electron chi connectivity index (χ2n) is 6.94. The molecule has 0 aromatic heterocycles. The number of hydrogen-bond donors (Lipinski definition) is 1. The number of hydrogen-bond acceptors (Lipinski definition) is 2. The van der Waals surface area contributed by atoms with Gasteiger partial charge in [0.25, 0.3) is 0 Å². The maximum atomic E-state index is 3.56. The Hall–Kier alpha value is -0.0800. The molecule has 1 saturated carbocycles. The highest BCUT2D eigenvalue weighted by atomic mass is 15.2. The van der Waals surface area contributed by atoms with E-state index in [1.165, 1.54) is 71.2 Å². The Labute approximate surface area is 99.8 Å². The topological polar surface area (TPSA) is 15.3 Å². The molecule has 3 fully saturated rings. The van der Waals surface area contributed by atoms with Crippen LogP contribution >= 0.6 is 0 Å². The minimum atomic E-state index is 0.554. The van der Waals surface area contributed by atoms with Crippen LogP contribution in [0.4, 0.5) is 0 Å². The first-order valence-corrected chi connectivity index (χ1v) is 7.13. The van der Waals surface area contributed by atoms with Crippen molar-refractivity contribution in [2.75, 3.05) is 32.7 Å². The molecule has 2 saturated heterocycles. The van der Waals surface area contributed by atoms with E-state index in [1.54, 1.807) is 0 Å². The SMILES string of the molecule is CC1(CN2CC3(CCCC3)C2)CCCNC1. The van der Waals surface area contributed by atoms with Gasteiger partial charge < -0.3 is 10.2 Å². The number of nitrogens with zero attached hydrogens (tertiary/aromatic N) is 1. The first-order chi connectivity index (χ1) is 7.70. The molecule has 2 heterocycles. The van der Waals surface area contributed by atoms with E-state index in [2.05, 4.69) is 17.1 Å². The highest BCUT2D eigenvalue weighted by Gasteiger charge is 2.46. The lowest BCUT2D eigenvalue weighted by Crippen LogP contribution is -2.59. The van der Waals surface area contributed by atoms with Gasteiger partial charge in [-0.1, -0.05) is 19.8 Å². The van der Waals surface area contributed by atoms with Crippen molar-refractivity contribution in [1.82, 2.24) is 10.2 Å². The van der Waals surface area contributed by atoms with Crippen LogP contribution in [0.2, 0.25) is 0 Å². The third-order valence-electron chi connectivity index (χ3n) is 5.07. The maximum absolute atomic E-state index is 3.56. The average molecular weight is 222 g/mol. The molecule has 0 aromatic carbocycles. The minimum absolute atomic E-state index is 0.554. The fourth-order valence-electron chi connectivity index (χ4n) is 4.25. The lowest BCUT2D eigenvalue weighted by atomic mass is 9.75. The molecule has 2 aliphatic heterocycles. The van der Waals surface area contributed by atoms with Gasteiger partial charge in [-0.2, -0.15) is 0 Å². The molecule has 3 aliphatic rings. The van der Waals surface area contributed by atoms with Crippen LogP contribution in [0, 0.1) is 10.8 Å². The molecule has 1 spiro atoms. The Morgan fingerprint density at radius 1 is 1.06 bits per heavy atom. The van der Waals surface area contributed by atoms with Crippen molar-refractivity contribution in [3.05, 3.63) is 0 Å². The highest BCUT2D eigenvalue weighted by molar-refractivity contribution is 4.99. The van der Waals surface area contributed by atoms with Gasteiger partial charge in [-0.05, 0) is 43.1 Å². The van der Waals surface area contributed by atoms with Gasteiger partial charge in [0, 0.05) is 26.2 Å². The van der Waals surface area contributed by atoms with Gasteiger partial charge in [-0.3, -0.25) is 0 Å². The van der Waals surface area contributed by atoms with Crippen LogP contribution in [0.3, 0.4) is 0 Å². The van der Waals surface area contributed by atoms with E-state index in [0.29, 0.717) is 5.41 Å². The summed E-state index contributed by atoms with van der Waals surface area (Å²) >= 11 is 0. The van der Waals surface area contributed by atoms with Crippen LogP contribution in [-0.4, -0.2) is 37.6 Å². The molecule has 16 heavy (non-hydrogen) atoms. The molecule has 1 atom stereocenters. The first kappa shape index (κ1) is 11.0. The fraction of sp³-hybridized carbons (Fsp3) is 1.00.